The van der Waals surface area contributed by atoms with Gasteiger partial charge in [0.2, 0.25) is 11.8 Å². The molecule has 2 aliphatic heterocycles. The lowest BCUT2D eigenvalue weighted by molar-refractivity contribution is -0.159. The minimum atomic E-state index is -4.15. The van der Waals surface area contributed by atoms with Crippen LogP contribution in [0.1, 0.15) is 110 Å². The van der Waals surface area contributed by atoms with Crippen LogP contribution in [0.3, 0.4) is 0 Å². The molecule has 4 aromatic rings. The number of Topliss-reactive ketones (excluding diaryl/α,β-unsaturated/α-hetero) is 1. The van der Waals surface area contributed by atoms with Crippen LogP contribution in [0.25, 0.3) is 21.6 Å². The highest BCUT2D eigenvalue weighted by atomic mass is 32.2. The van der Waals surface area contributed by atoms with Crippen LogP contribution >= 0.6 is 11.3 Å². The van der Waals surface area contributed by atoms with E-state index in [1.165, 1.54) is 42.5 Å². The lowest BCUT2D eigenvalue weighted by Crippen LogP contribution is -2.47. The Balaban J connectivity index is 1.21. The number of carbonyl (C=O) groups excluding carboxylic acids is 4. The second-order valence-electron chi connectivity index (χ2n) is 18.8. The van der Waals surface area contributed by atoms with Crippen molar-refractivity contribution in [2.45, 2.75) is 123 Å². The molecule has 14 nitrogen and oxygen atoms in total. The molecule has 2 aromatic carbocycles. The fraction of sp³-hybridized carbons (Fsp3) is 0.532. The van der Waals surface area contributed by atoms with Crippen LogP contribution in [-0.4, -0.2) is 94.1 Å². The van der Waals surface area contributed by atoms with Crippen molar-refractivity contribution >= 4 is 56.1 Å². The van der Waals surface area contributed by atoms with Gasteiger partial charge in [0.25, 0.3) is 6.01 Å². The number of aromatic nitrogens is 3. The lowest BCUT2D eigenvalue weighted by atomic mass is 9.90. The topological polar surface area (TPSA) is 170 Å². The van der Waals surface area contributed by atoms with Gasteiger partial charge in [-0.05, 0) is 96.0 Å². The third-order valence-electron chi connectivity index (χ3n) is 12.2. The van der Waals surface area contributed by atoms with E-state index in [1.54, 1.807) is 32.9 Å². The number of rotatable bonds is 11. The van der Waals surface area contributed by atoms with E-state index >= 15 is 0 Å². The number of nitrogens with one attached hydrogen (secondary N) is 1. The highest BCUT2D eigenvalue weighted by Gasteiger charge is 2.61. The summed E-state index contributed by atoms with van der Waals surface area (Å²) in [4.78, 5) is 68.2. The monoisotopic (exact) mass is 918 g/mol. The largest absolute Gasteiger partial charge is 0.460 e. The third kappa shape index (κ3) is 10.6. The number of ketones is 1. The third-order valence-corrected chi connectivity index (χ3v) is 14.6. The Morgan fingerprint density at radius 1 is 1.06 bits per heavy atom. The molecule has 4 heterocycles. The maximum absolute atomic E-state index is 14.8. The van der Waals surface area contributed by atoms with Gasteiger partial charge in [-0.25, -0.2) is 14.1 Å². The molecule has 2 amide bonds. The lowest BCUT2D eigenvalue weighted by Gasteiger charge is -2.29. The predicted octanol–water partition coefficient (Wildman–Crippen LogP) is 7.58. The highest BCUT2D eigenvalue weighted by molar-refractivity contribution is 7.87. The minimum absolute atomic E-state index is 0.0188. The average molecular weight is 919 g/mol. The molecular weight excluding hydrogens is 860 g/mol. The number of halogens is 1. The second-order valence-corrected chi connectivity index (χ2v) is 21.6. The van der Waals surface area contributed by atoms with E-state index in [9.17, 15) is 32.0 Å². The number of nitrogens with zero attached hydrogens (tertiary/aromatic N) is 5. The molecule has 1 aliphatic carbocycles. The first-order valence-corrected chi connectivity index (χ1v) is 24.4. The predicted molar refractivity (Wildman–Crippen MR) is 242 cm³/mol. The number of fused-ring (bicyclic) bond motifs is 3. The van der Waals surface area contributed by atoms with Gasteiger partial charge < -0.3 is 14.4 Å². The van der Waals surface area contributed by atoms with Crippen molar-refractivity contribution in [2.75, 3.05) is 20.6 Å². The van der Waals surface area contributed by atoms with Crippen LogP contribution in [0.15, 0.2) is 60.0 Å². The Bertz CT molecular complexity index is 2530. The van der Waals surface area contributed by atoms with Gasteiger partial charge in [0.1, 0.15) is 28.0 Å². The molecule has 3 aliphatic rings. The normalized spacial score (nSPS) is 23.9. The summed E-state index contributed by atoms with van der Waals surface area (Å²) in [6.07, 6.45) is 7.03. The molecule has 0 spiro atoms. The zero-order valence-corrected chi connectivity index (χ0v) is 39.3. The van der Waals surface area contributed by atoms with Crippen LogP contribution in [-0.2, 0) is 40.5 Å². The average Bonchev–Trinajstić information content (AvgIpc) is 3.53. The molecule has 344 valence electrons. The molecule has 0 bridgehead atoms. The van der Waals surface area contributed by atoms with Crippen molar-refractivity contribution in [1.29, 1.82) is 0 Å². The summed E-state index contributed by atoms with van der Waals surface area (Å²) in [7, 11) is -1.52. The Kier molecular flexibility index (Phi) is 13.8. The Morgan fingerprint density at radius 3 is 2.52 bits per heavy atom. The van der Waals surface area contributed by atoms with E-state index < -0.39 is 56.9 Å². The molecule has 1 N–H and O–H groups in total. The molecule has 5 atom stereocenters. The van der Waals surface area contributed by atoms with Gasteiger partial charge in [0.05, 0.1) is 35.6 Å². The van der Waals surface area contributed by atoms with Gasteiger partial charge in [-0.15, -0.1) is 11.3 Å². The molecule has 64 heavy (non-hydrogen) atoms. The number of hydrogen-bond acceptors (Lipinski definition) is 11. The summed E-state index contributed by atoms with van der Waals surface area (Å²) in [5, 5.41) is 2.73. The summed E-state index contributed by atoms with van der Waals surface area (Å²) >= 11 is 1.48. The summed E-state index contributed by atoms with van der Waals surface area (Å²) in [6.45, 7) is 9.36. The van der Waals surface area contributed by atoms with Gasteiger partial charge >= 0.3 is 16.2 Å². The molecule has 1 saturated carbocycles. The van der Waals surface area contributed by atoms with Gasteiger partial charge in [-0.3, -0.25) is 23.7 Å². The molecule has 0 unspecified atom stereocenters. The number of hydrogen-bond donors (Lipinski definition) is 1. The molecular formula is C47H59FN6O8S2. The standard InChI is InChI=1S/C47H59FN6O8S2/c1-29(2)54-37-17-13-16-36(42-49-34(28-63-42)22-30-18-20-33(48)21-19-30)41(37)50-45(54)61-35-24-38-39(55)26-47(44(58)51-64(59,60)52(6)7)25-32(47)15-12-10-8-9-11-14-31(43(57)53(38)27-35)23-40(56)62-46(3,4)5/h12-13,15-21,28-29,31-32,35,38H,8-11,14,22-27H2,1-7H3,(H,51,58)/b15-12-/t31-,32-,35-,38+,47-/m1/s1. The highest BCUT2D eigenvalue weighted by Crippen LogP contribution is 2.57. The zero-order valence-electron chi connectivity index (χ0n) is 37.6. The van der Waals surface area contributed by atoms with Crippen molar-refractivity contribution in [3.63, 3.8) is 0 Å². The number of thiazole rings is 1. The zero-order chi connectivity index (χ0) is 46.1. The number of para-hydroxylation sites is 1. The maximum atomic E-state index is 14.8. The first-order chi connectivity index (χ1) is 30.2. The number of benzene rings is 2. The van der Waals surface area contributed by atoms with Crippen LogP contribution in [0.4, 0.5) is 4.39 Å². The number of allylic oxidation sites excluding steroid dienone is 2. The van der Waals surface area contributed by atoms with Crippen LogP contribution in [0.2, 0.25) is 0 Å². The van der Waals surface area contributed by atoms with Crippen molar-refractivity contribution in [3.05, 3.63) is 77.1 Å². The Hall–Kier alpha value is -5.00. The SMILES string of the molecule is CC(C)n1c(O[C@@H]2C[C@H]3C(=O)C[C@]4(C(=O)NS(=O)(=O)N(C)C)C[C@H]4/C=C\CCCCC[C@H](CC(=O)OC(C)(C)C)C(=O)N3C2)nc2c(-c3nc(Cc4ccc(F)cc4)cs3)cccc21. The van der Waals surface area contributed by atoms with Gasteiger partial charge in [0, 0.05) is 56.3 Å². The minimum Gasteiger partial charge on any atom is -0.460 e. The summed E-state index contributed by atoms with van der Waals surface area (Å²) in [5.74, 6) is -3.46. The van der Waals surface area contributed by atoms with Crippen LogP contribution in [0.5, 0.6) is 6.01 Å². The van der Waals surface area contributed by atoms with E-state index in [4.69, 9.17) is 19.4 Å². The molecule has 1 saturated heterocycles. The van der Waals surface area contributed by atoms with Gasteiger partial charge in [-0.2, -0.15) is 17.7 Å². The first kappa shape index (κ1) is 47.0. The van der Waals surface area contributed by atoms with Crippen LogP contribution in [0, 0.1) is 23.1 Å². The summed E-state index contributed by atoms with van der Waals surface area (Å²) < 4.78 is 56.8. The van der Waals surface area contributed by atoms with Gasteiger partial charge in [0.15, 0.2) is 5.78 Å². The number of amides is 2. The fourth-order valence-electron chi connectivity index (χ4n) is 8.85. The number of esters is 1. The number of ether oxygens (including phenoxy) is 2. The van der Waals surface area contributed by atoms with E-state index in [0.717, 1.165) is 44.5 Å². The molecule has 17 heteroatoms. The summed E-state index contributed by atoms with van der Waals surface area (Å²) in [6, 6.07) is 11.4. The number of imidazole rings is 1. The quantitative estimate of drug-likeness (QED) is 0.117. The van der Waals surface area contributed by atoms with Crippen molar-refractivity contribution in [2.24, 2.45) is 17.3 Å². The Morgan fingerprint density at radius 2 is 1.81 bits per heavy atom. The van der Waals surface area contributed by atoms with Crippen molar-refractivity contribution < 1.29 is 41.5 Å². The smallest absolute Gasteiger partial charge is 0.307 e. The van der Waals surface area contributed by atoms with E-state index in [2.05, 4.69) is 4.72 Å². The van der Waals surface area contributed by atoms with E-state index in [0.29, 0.717) is 37.2 Å². The van der Waals surface area contributed by atoms with E-state index in [-0.39, 0.29) is 55.9 Å². The maximum Gasteiger partial charge on any atom is 0.307 e. The summed E-state index contributed by atoms with van der Waals surface area (Å²) in [5.41, 5.74) is 1.97. The molecule has 0 radical (unpaired) electrons. The number of carbonyl (C=O) groups is 4. The second kappa shape index (κ2) is 18.8. The van der Waals surface area contributed by atoms with E-state index in [1.807, 2.05) is 54.1 Å². The fourth-order valence-corrected chi connectivity index (χ4v) is 10.3. The first-order valence-electron chi connectivity index (χ1n) is 22.1. The van der Waals surface area contributed by atoms with Crippen LogP contribution < -0.4 is 9.46 Å². The Labute approximate surface area is 378 Å². The molecule has 7 rings (SSSR count). The van der Waals surface area contributed by atoms with Crippen molar-refractivity contribution in [3.8, 4) is 16.6 Å². The van der Waals surface area contributed by atoms with Crippen molar-refractivity contribution in [1.82, 2.24) is 28.5 Å². The van der Waals surface area contributed by atoms with Gasteiger partial charge in [-0.1, -0.05) is 43.2 Å². The molecule has 2 fully saturated rings. The molecule has 2 aromatic heterocycles.